The molecule has 0 aliphatic carbocycles. The SMILES string of the molecule is COCCOC(=O)CC1C(=O)NCCN1C(=S)NC(=O)c1ccc(OCC(C)C)cc1. The van der Waals surface area contributed by atoms with Gasteiger partial charge in [0.25, 0.3) is 5.91 Å². The summed E-state index contributed by atoms with van der Waals surface area (Å²) >= 11 is 5.35. The Morgan fingerprint density at radius 3 is 2.61 bits per heavy atom. The van der Waals surface area contributed by atoms with Crippen LogP contribution in [0.25, 0.3) is 0 Å². The van der Waals surface area contributed by atoms with E-state index in [4.69, 9.17) is 26.4 Å². The Kier molecular flexibility index (Phi) is 9.67. The number of ether oxygens (including phenoxy) is 3. The maximum Gasteiger partial charge on any atom is 0.308 e. The summed E-state index contributed by atoms with van der Waals surface area (Å²) in [4.78, 5) is 38.5. The van der Waals surface area contributed by atoms with E-state index in [-0.39, 0.29) is 30.7 Å². The molecule has 2 amide bonds. The second-order valence-electron chi connectivity index (χ2n) is 7.41. The van der Waals surface area contributed by atoms with Crippen LogP contribution in [-0.2, 0) is 19.1 Å². The monoisotopic (exact) mass is 451 g/mol. The predicted molar refractivity (Wildman–Crippen MR) is 118 cm³/mol. The molecule has 0 saturated carbocycles. The van der Waals surface area contributed by atoms with Crippen LogP contribution in [0.2, 0.25) is 0 Å². The van der Waals surface area contributed by atoms with Gasteiger partial charge in [-0.1, -0.05) is 13.8 Å². The normalized spacial score (nSPS) is 15.9. The molecule has 1 atom stereocenters. The number of nitrogens with zero attached hydrogens (tertiary/aromatic N) is 1. The van der Waals surface area contributed by atoms with Gasteiger partial charge in [0.15, 0.2) is 5.11 Å². The summed E-state index contributed by atoms with van der Waals surface area (Å²) in [6, 6.07) is 5.85. The molecule has 1 fully saturated rings. The van der Waals surface area contributed by atoms with Gasteiger partial charge in [-0.05, 0) is 42.4 Å². The van der Waals surface area contributed by atoms with Crippen LogP contribution in [0.4, 0.5) is 0 Å². The van der Waals surface area contributed by atoms with Crippen molar-refractivity contribution in [2.45, 2.75) is 26.3 Å². The Bertz CT molecular complexity index is 784. The molecule has 1 aromatic carbocycles. The first-order valence-corrected chi connectivity index (χ1v) is 10.5. The Labute approximate surface area is 187 Å². The third kappa shape index (κ3) is 7.80. The highest BCUT2D eigenvalue weighted by atomic mass is 32.1. The number of esters is 1. The summed E-state index contributed by atoms with van der Waals surface area (Å²) in [6.07, 6.45) is -0.187. The number of benzene rings is 1. The van der Waals surface area contributed by atoms with E-state index >= 15 is 0 Å². The molecule has 31 heavy (non-hydrogen) atoms. The van der Waals surface area contributed by atoms with Crippen molar-refractivity contribution in [3.8, 4) is 5.75 Å². The summed E-state index contributed by atoms with van der Waals surface area (Å²) in [5, 5.41) is 5.42. The quantitative estimate of drug-likeness (QED) is 0.327. The Morgan fingerprint density at radius 2 is 1.97 bits per heavy atom. The average Bonchev–Trinajstić information content (AvgIpc) is 2.74. The molecule has 0 radical (unpaired) electrons. The standard InChI is InChI=1S/C21H29N3O6S/c1-14(2)13-30-16-6-4-15(5-7-16)19(26)23-21(31)24-9-8-22-20(27)17(24)12-18(25)29-11-10-28-3/h4-7,14,17H,8-13H2,1-3H3,(H,22,27)(H,23,26,31). The molecule has 0 bridgehead atoms. The molecule has 10 heteroatoms. The molecule has 1 heterocycles. The second kappa shape index (κ2) is 12.2. The van der Waals surface area contributed by atoms with Gasteiger partial charge < -0.3 is 24.4 Å². The van der Waals surface area contributed by atoms with Crippen LogP contribution in [0.15, 0.2) is 24.3 Å². The third-order valence-electron chi connectivity index (χ3n) is 4.42. The number of carbonyl (C=O) groups is 3. The van der Waals surface area contributed by atoms with Gasteiger partial charge in [0.1, 0.15) is 18.4 Å². The maximum absolute atomic E-state index is 12.6. The van der Waals surface area contributed by atoms with Crippen LogP contribution in [0, 0.1) is 5.92 Å². The molecule has 0 spiro atoms. The minimum atomic E-state index is -0.858. The summed E-state index contributed by atoms with van der Waals surface area (Å²) in [5.74, 6) is -0.235. The van der Waals surface area contributed by atoms with Gasteiger partial charge in [-0.25, -0.2) is 0 Å². The predicted octanol–water partition coefficient (Wildman–Crippen LogP) is 1.12. The van der Waals surface area contributed by atoms with E-state index in [0.717, 1.165) is 0 Å². The van der Waals surface area contributed by atoms with Crippen molar-refractivity contribution in [3.05, 3.63) is 29.8 Å². The van der Waals surface area contributed by atoms with E-state index in [1.54, 1.807) is 24.3 Å². The summed E-state index contributed by atoms with van der Waals surface area (Å²) in [7, 11) is 1.50. The molecule has 1 saturated heterocycles. The zero-order valence-electron chi connectivity index (χ0n) is 18.0. The van der Waals surface area contributed by atoms with Crippen LogP contribution >= 0.6 is 12.2 Å². The van der Waals surface area contributed by atoms with Gasteiger partial charge in [-0.15, -0.1) is 0 Å². The van der Waals surface area contributed by atoms with Crippen LogP contribution < -0.4 is 15.4 Å². The van der Waals surface area contributed by atoms with Gasteiger partial charge in [0, 0.05) is 25.8 Å². The summed E-state index contributed by atoms with van der Waals surface area (Å²) < 4.78 is 15.5. The van der Waals surface area contributed by atoms with E-state index in [1.807, 2.05) is 0 Å². The molecule has 2 rings (SSSR count). The number of methoxy groups -OCH3 is 1. The second-order valence-corrected chi connectivity index (χ2v) is 7.79. The molecular formula is C21H29N3O6S. The van der Waals surface area contributed by atoms with Crippen molar-refractivity contribution in [2.75, 3.05) is 40.0 Å². The Hall–Kier alpha value is -2.72. The minimum absolute atomic E-state index is 0.0784. The van der Waals surface area contributed by atoms with E-state index < -0.39 is 17.9 Å². The van der Waals surface area contributed by atoms with Crippen LogP contribution in [0.1, 0.15) is 30.6 Å². The minimum Gasteiger partial charge on any atom is -0.493 e. The van der Waals surface area contributed by atoms with Gasteiger partial charge in [0.2, 0.25) is 5.91 Å². The number of carbonyl (C=O) groups excluding carboxylic acids is 3. The van der Waals surface area contributed by atoms with Crippen molar-refractivity contribution >= 4 is 35.1 Å². The number of hydrogen-bond acceptors (Lipinski definition) is 7. The number of piperazine rings is 1. The first kappa shape index (κ1) is 24.5. The fourth-order valence-electron chi connectivity index (χ4n) is 2.82. The third-order valence-corrected chi connectivity index (χ3v) is 4.76. The number of thiocarbonyl (C=S) groups is 1. The number of hydrogen-bond donors (Lipinski definition) is 2. The first-order valence-electron chi connectivity index (χ1n) is 10.1. The molecule has 2 N–H and O–H groups in total. The van der Waals surface area contributed by atoms with E-state index in [1.165, 1.54) is 12.0 Å². The van der Waals surface area contributed by atoms with Crippen molar-refractivity contribution < 1.29 is 28.6 Å². The summed E-state index contributed by atoms with van der Waals surface area (Å²) in [6.45, 7) is 5.77. The van der Waals surface area contributed by atoms with Crippen LogP contribution in [0.3, 0.4) is 0 Å². The van der Waals surface area contributed by atoms with Crippen LogP contribution in [0.5, 0.6) is 5.75 Å². The molecule has 9 nitrogen and oxygen atoms in total. The highest BCUT2D eigenvalue weighted by Crippen LogP contribution is 2.14. The molecule has 1 aliphatic rings. The summed E-state index contributed by atoms with van der Waals surface area (Å²) in [5.41, 5.74) is 0.399. The largest absolute Gasteiger partial charge is 0.493 e. The lowest BCUT2D eigenvalue weighted by atomic mass is 10.1. The van der Waals surface area contributed by atoms with E-state index in [9.17, 15) is 14.4 Å². The van der Waals surface area contributed by atoms with Crippen molar-refractivity contribution in [1.29, 1.82) is 0 Å². The Morgan fingerprint density at radius 1 is 1.26 bits per heavy atom. The average molecular weight is 452 g/mol. The van der Waals surface area contributed by atoms with E-state index in [2.05, 4.69) is 24.5 Å². The van der Waals surface area contributed by atoms with Gasteiger partial charge in [0.05, 0.1) is 19.6 Å². The fourth-order valence-corrected chi connectivity index (χ4v) is 3.13. The van der Waals surface area contributed by atoms with Gasteiger partial charge in [-0.2, -0.15) is 0 Å². The highest BCUT2D eigenvalue weighted by molar-refractivity contribution is 7.80. The highest BCUT2D eigenvalue weighted by Gasteiger charge is 2.34. The smallest absolute Gasteiger partial charge is 0.308 e. The molecule has 1 aliphatic heterocycles. The van der Waals surface area contributed by atoms with Crippen molar-refractivity contribution in [1.82, 2.24) is 15.5 Å². The molecular weight excluding hydrogens is 422 g/mol. The van der Waals surface area contributed by atoms with Crippen molar-refractivity contribution in [3.63, 3.8) is 0 Å². The van der Waals surface area contributed by atoms with E-state index in [0.29, 0.717) is 36.9 Å². The zero-order chi connectivity index (χ0) is 22.8. The Balaban J connectivity index is 1.96. The van der Waals surface area contributed by atoms with Crippen molar-refractivity contribution in [2.24, 2.45) is 5.92 Å². The first-order chi connectivity index (χ1) is 14.8. The number of rotatable bonds is 9. The van der Waals surface area contributed by atoms with Gasteiger partial charge in [-0.3, -0.25) is 19.7 Å². The lowest BCUT2D eigenvalue weighted by molar-refractivity contribution is -0.148. The lowest BCUT2D eigenvalue weighted by Gasteiger charge is -2.36. The van der Waals surface area contributed by atoms with Crippen LogP contribution in [-0.4, -0.2) is 73.9 Å². The fraction of sp³-hybridized carbons (Fsp3) is 0.524. The number of nitrogens with one attached hydrogen (secondary N) is 2. The number of amides is 2. The topological polar surface area (TPSA) is 106 Å². The molecule has 0 aromatic heterocycles. The zero-order valence-corrected chi connectivity index (χ0v) is 18.8. The molecule has 1 unspecified atom stereocenters. The maximum atomic E-state index is 12.6. The lowest BCUT2D eigenvalue weighted by Crippen LogP contribution is -2.60. The van der Waals surface area contributed by atoms with Gasteiger partial charge >= 0.3 is 5.97 Å². The molecule has 170 valence electrons. The molecule has 1 aromatic rings.